The Morgan fingerprint density at radius 1 is 0.889 bits per heavy atom. The van der Waals surface area contributed by atoms with E-state index in [2.05, 4.69) is 33.4 Å². The first kappa shape index (κ1) is 16.5. The van der Waals surface area contributed by atoms with Gasteiger partial charge in [0.25, 0.3) is 0 Å². The number of para-hydroxylation sites is 1. The molecule has 3 heterocycles. The van der Waals surface area contributed by atoms with E-state index in [0.717, 1.165) is 46.7 Å². The molecule has 1 aliphatic heterocycles. The first-order chi connectivity index (χ1) is 13.3. The standard InChI is InChI=1S/C21H20ClN5/c22-16-9-7-8-15(14-16)19-21-23-20(26-12-5-1-2-6-13-26)17-10-3-4-11-18(17)27(21)25-24-19/h3-4,7-11,14H,1-2,5-6,12-13H2. The Morgan fingerprint density at radius 3 is 2.52 bits per heavy atom. The summed E-state index contributed by atoms with van der Waals surface area (Å²) in [5, 5.41) is 10.6. The lowest BCUT2D eigenvalue weighted by atomic mass is 10.1. The van der Waals surface area contributed by atoms with Crippen LogP contribution < -0.4 is 4.90 Å². The first-order valence-electron chi connectivity index (χ1n) is 9.46. The van der Waals surface area contributed by atoms with Gasteiger partial charge in [0.15, 0.2) is 5.65 Å². The minimum atomic E-state index is 0.683. The molecular weight excluding hydrogens is 358 g/mol. The summed E-state index contributed by atoms with van der Waals surface area (Å²) in [5.41, 5.74) is 3.50. The Bertz CT molecular complexity index is 1110. The number of halogens is 1. The molecule has 1 saturated heterocycles. The van der Waals surface area contributed by atoms with Gasteiger partial charge in [-0.05, 0) is 37.1 Å². The Morgan fingerprint density at radius 2 is 1.70 bits per heavy atom. The Balaban J connectivity index is 1.76. The maximum atomic E-state index is 6.20. The number of hydrogen-bond donors (Lipinski definition) is 0. The molecule has 0 atom stereocenters. The highest BCUT2D eigenvalue weighted by molar-refractivity contribution is 6.30. The Labute approximate surface area is 162 Å². The summed E-state index contributed by atoms with van der Waals surface area (Å²) in [5.74, 6) is 1.03. The molecule has 0 N–H and O–H groups in total. The fourth-order valence-electron chi connectivity index (χ4n) is 3.89. The van der Waals surface area contributed by atoms with Crippen molar-refractivity contribution >= 4 is 34.0 Å². The van der Waals surface area contributed by atoms with Crippen LogP contribution >= 0.6 is 11.6 Å². The van der Waals surface area contributed by atoms with Gasteiger partial charge in [-0.1, -0.05) is 53.9 Å². The fourth-order valence-corrected chi connectivity index (χ4v) is 4.08. The van der Waals surface area contributed by atoms with Crippen LogP contribution in [0.2, 0.25) is 5.02 Å². The number of aromatic nitrogens is 4. The molecule has 0 saturated carbocycles. The van der Waals surface area contributed by atoms with Gasteiger partial charge in [-0.25, -0.2) is 4.98 Å². The summed E-state index contributed by atoms with van der Waals surface area (Å²) >= 11 is 6.20. The minimum absolute atomic E-state index is 0.683. The van der Waals surface area contributed by atoms with Gasteiger partial charge in [0, 0.05) is 29.1 Å². The van der Waals surface area contributed by atoms with Gasteiger partial charge in [0.05, 0.1) is 5.52 Å². The third-order valence-corrected chi connectivity index (χ3v) is 5.47. The highest BCUT2D eigenvalue weighted by Gasteiger charge is 2.20. The fraction of sp³-hybridized carbons (Fsp3) is 0.286. The average molecular weight is 378 g/mol. The zero-order valence-corrected chi connectivity index (χ0v) is 15.7. The van der Waals surface area contributed by atoms with Crippen LogP contribution in [-0.2, 0) is 0 Å². The van der Waals surface area contributed by atoms with Crippen molar-refractivity contribution in [1.29, 1.82) is 0 Å². The zero-order valence-electron chi connectivity index (χ0n) is 15.0. The molecule has 1 fully saturated rings. The van der Waals surface area contributed by atoms with Gasteiger partial charge in [-0.3, -0.25) is 0 Å². The highest BCUT2D eigenvalue weighted by atomic mass is 35.5. The molecule has 0 aliphatic carbocycles. The van der Waals surface area contributed by atoms with E-state index in [4.69, 9.17) is 16.6 Å². The summed E-state index contributed by atoms with van der Waals surface area (Å²) in [6, 6.07) is 16.0. The second kappa shape index (κ2) is 6.82. The SMILES string of the molecule is Clc1cccc(-c2nnn3c2nc(N2CCCCCC2)c2ccccc23)c1. The van der Waals surface area contributed by atoms with Gasteiger partial charge in [0.1, 0.15) is 11.5 Å². The van der Waals surface area contributed by atoms with Gasteiger partial charge in [-0.2, -0.15) is 4.52 Å². The molecule has 0 radical (unpaired) electrons. The van der Waals surface area contributed by atoms with E-state index in [9.17, 15) is 0 Å². The topological polar surface area (TPSA) is 46.3 Å². The summed E-state index contributed by atoms with van der Waals surface area (Å²) in [7, 11) is 0. The third-order valence-electron chi connectivity index (χ3n) is 5.24. The number of benzene rings is 2. The van der Waals surface area contributed by atoms with E-state index >= 15 is 0 Å². The largest absolute Gasteiger partial charge is 0.356 e. The van der Waals surface area contributed by atoms with E-state index < -0.39 is 0 Å². The molecule has 2 aromatic heterocycles. The van der Waals surface area contributed by atoms with Crippen LogP contribution in [0.5, 0.6) is 0 Å². The van der Waals surface area contributed by atoms with E-state index in [-0.39, 0.29) is 0 Å². The van der Waals surface area contributed by atoms with Crippen molar-refractivity contribution in [2.45, 2.75) is 25.7 Å². The second-order valence-corrected chi connectivity index (χ2v) is 7.47. The first-order valence-corrected chi connectivity index (χ1v) is 9.84. The number of rotatable bonds is 2. The van der Waals surface area contributed by atoms with Crippen molar-refractivity contribution in [2.75, 3.05) is 18.0 Å². The highest BCUT2D eigenvalue weighted by Crippen LogP contribution is 2.31. The number of hydrogen-bond acceptors (Lipinski definition) is 4. The van der Waals surface area contributed by atoms with Crippen LogP contribution in [0.3, 0.4) is 0 Å². The van der Waals surface area contributed by atoms with E-state index in [1.165, 1.54) is 25.7 Å². The lowest BCUT2D eigenvalue weighted by molar-refractivity contribution is 0.726. The van der Waals surface area contributed by atoms with Gasteiger partial charge in [-0.15, -0.1) is 5.10 Å². The molecular formula is C21H20ClN5. The summed E-state index contributed by atoms with van der Waals surface area (Å²) < 4.78 is 1.84. The maximum absolute atomic E-state index is 6.20. The van der Waals surface area contributed by atoms with Crippen LogP contribution in [0.25, 0.3) is 27.8 Å². The minimum Gasteiger partial charge on any atom is -0.356 e. The van der Waals surface area contributed by atoms with Crippen LogP contribution in [0, 0.1) is 0 Å². The monoisotopic (exact) mass is 377 g/mol. The Kier molecular flexibility index (Phi) is 4.17. The predicted octanol–water partition coefficient (Wildman–Crippen LogP) is 4.98. The van der Waals surface area contributed by atoms with E-state index in [1.807, 2.05) is 34.8 Å². The van der Waals surface area contributed by atoms with Crippen molar-refractivity contribution in [1.82, 2.24) is 19.8 Å². The van der Waals surface area contributed by atoms with Crippen LogP contribution in [-0.4, -0.2) is 32.9 Å². The Hall–Kier alpha value is -2.66. The molecule has 136 valence electrons. The molecule has 2 aromatic carbocycles. The van der Waals surface area contributed by atoms with Gasteiger partial charge in [0.2, 0.25) is 0 Å². The molecule has 5 nitrogen and oxygen atoms in total. The van der Waals surface area contributed by atoms with Crippen molar-refractivity contribution in [3.05, 3.63) is 53.6 Å². The van der Waals surface area contributed by atoms with Gasteiger partial charge >= 0.3 is 0 Å². The average Bonchev–Trinajstić information content (AvgIpc) is 2.94. The van der Waals surface area contributed by atoms with Crippen molar-refractivity contribution in [3.63, 3.8) is 0 Å². The number of nitrogens with zero attached hydrogens (tertiary/aromatic N) is 5. The van der Waals surface area contributed by atoms with Crippen LogP contribution in [0.15, 0.2) is 48.5 Å². The summed E-state index contributed by atoms with van der Waals surface area (Å²) in [4.78, 5) is 7.48. The quantitative estimate of drug-likeness (QED) is 0.494. The normalized spacial score (nSPS) is 15.4. The summed E-state index contributed by atoms with van der Waals surface area (Å²) in [6.07, 6.45) is 5.00. The molecule has 0 unspecified atom stereocenters. The number of anilines is 1. The molecule has 5 rings (SSSR count). The molecule has 0 amide bonds. The van der Waals surface area contributed by atoms with Crippen LogP contribution in [0.4, 0.5) is 5.82 Å². The lowest BCUT2D eigenvalue weighted by Crippen LogP contribution is -2.25. The molecule has 0 spiro atoms. The molecule has 27 heavy (non-hydrogen) atoms. The zero-order chi connectivity index (χ0) is 18.2. The third kappa shape index (κ3) is 2.92. The molecule has 0 bridgehead atoms. The van der Waals surface area contributed by atoms with E-state index in [0.29, 0.717) is 5.02 Å². The second-order valence-electron chi connectivity index (χ2n) is 7.04. The maximum Gasteiger partial charge on any atom is 0.186 e. The molecule has 1 aliphatic rings. The number of fused-ring (bicyclic) bond motifs is 3. The van der Waals surface area contributed by atoms with Gasteiger partial charge < -0.3 is 4.90 Å². The smallest absolute Gasteiger partial charge is 0.186 e. The van der Waals surface area contributed by atoms with Crippen LogP contribution in [0.1, 0.15) is 25.7 Å². The molecule has 4 aromatic rings. The van der Waals surface area contributed by atoms with Crippen molar-refractivity contribution in [3.8, 4) is 11.3 Å². The van der Waals surface area contributed by atoms with E-state index in [1.54, 1.807) is 0 Å². The predicted molar refractivity (Wildman–Crippen MR) is 109 cm³/mol. The van der Waals surface area contributed by atoms with Crippen molar-refractivity contribution in [2.24, 2.45) is 0 Å². The summed E-state index contributed by atoms with van der Waals surface area (Å²) in [6.45, 7) is 2.09. The van der Waals surface area contributed by atoms with Crippen molar-refractivity contribution < 1.29 is 0 Å². The molecule has 6 heteroatoms. The lowest BCUT2D eigenvalue weighted by Gasteiger charge is -2.23.